The molecule has 0 aliphatic carbocycles. The van der Waals surface area contributed by atoms with Crippen LogP contribution < -0.4 is 9.47 Å². The maximum absolute atomic E-state index is 12.1. The average molecular weight is 309 g/mol. The molecule has 6 heteroatoms. The van der Waals surface area contributed by atoms with Gasteiger partial charge >= 0.3 is 6.61 Å². The van der Waals surface area contributed by atoms with Gasteiger partial charge in [0.05, 0.1) is 12.4 Å². The van der Waals surface area contributed by atoms with Crippen LogP contribution in [0.25, 0.3) is 0 Å². The minimum atomic E-state index is -2.90. The Morgan fingerprint density at radius 3 is 2.65 bits per heavy atom. The Hall–Kier alpha value is -1.17. The van der Waals surface area contributed by atoms with Crippen molar-refractivity contribution in [3.8, 4) is 11.5 Å². The summed E-state index contributed by atoms with van der Waals surface area (Å²) in [7, 11) is 1.35. The Bertz CT molecular complexity index is 396. The SMILES string of the molecule is COc1cc(CC(=O)CBr)ccc1OC(F)F. The second-order valence-corrected chi connectivity index (χ2v) is 3.77. The van der Waals surface area contributed by atoms with Gasteiger partial charge in [-0.05, 0) is 17.7 Å². The van der Waals surface area contributed by atoms with Crippen molar-refractivity contribution in [1.29, 1.82) is 0 Å². The maximum atomic E-state index is 12.1. The van der Waals surface area contributed by atoms with Crippen molar-refractivity contribution in [3.05, 3.63) is 23.8 Å². The van der Waals surface area contributed by atoms with E-state index in [1.54, 1.807) is 6.07 Å². The molecular weight excluding hydrogens is 298 g/mol. The van der Waals surface area contributed by atoms with E-state index in [2.05, 4.69) is 20.7 Å². The summed E-state index contributed by atoms with van der Waals surface area (Å²) in [6.07, 6.45) is 0.219. The summed E-state index contributed by atoms with van der Waals surface area (Å²) >= 11 is 3.05. The van der Waals surface area contributed by atoms with Crippen molar-refractivity contribution in [2.45, 2.75) is 13.0 Å². The van der Waals surface area contributed by atoms with Crippen molar-refractivity contribution in [3.63, 3.8) is 0 Å². The van der Waals surface area contributed by atoms with Crippen LogP contribution in [0.15, 0.2) is 18.2 Å². The zero-order valence-corrected chi connectivity index (χ0v) is 10.7. The second-order valence-electron chi connectivity index (χ2n) is 3.21. The number of hydrogen-bond donors (Lipinski definition) is 0. The number of alkyl halides is 3. The number of carbonyl (C=O) groups is 1. The normalized spacial score (nSPS) is 10.4. The highest BCUT2D eigenvalue weighted by Gasteiger charge is 2.12. The van der Waals surface area contributed by atoms with E-state index in [0.717, 1.165) is 0 Å². The summed E-state index contributed by atoms with van der Waals surface area (Å²) in [5, 5.41) is 0.255. The van der Waals surface area contributed by atoms with Gasteiger partial charge in [0.15, 0.2) is 11.5 Å². The Morgan fingerprint density at radius 2 is 2.12 bits per heavy atom. The molecular formula is C11H11BrF2O3. The molecule has 17 heavy (non-hydrogen) atoms. The molecule has 0 spiro atoms. The summed E-state index contributed by atoms with van der Waals surface area (Å²) < 4.78 is 33.3. The van der Waals surface area contributed by atoms with Crippen LogP contribution in [-0.4, -0.2) is 24.8 Å². The van der Waals surface area contributed by atoms with E-state index in [1.807, 2.05) is 0 Å². The van der Waals surface area contributed by atoms with Gasteiger partial charge in [-0.15, -0.1) is 0 Å². The number of benzene rings is 1. The second kappa shape index (κ2) is 6.54. The Morgan fingerprint density at radius 1 is 1.41 bits per heavy atom. The van der Waals surface area contributed by atoms with E-state index in [0.29, 0.717) is 5.56 Å². The lowest BCUT2D eigenvalue weighted by atomic mass is 10.1. The highest BCUT2D eigenvalue weighted by molar-refractivity contribution is 9.09. The lowest BCUT2D eigenvalue weighted by molar-refractivity contribution is -0.115. The van der Waals surface area contributed by atoms with E-state index >= 15 is 0 Å². The summed E-state index contributed by atoms with van der Waals surface area (Å²) in [5.74, 6) is 0.136. The van der Waals surface area contributed by atoms with Crippen LogP contribution in [0.4, 0.5) is 8.78 Å². The summed E-state index contributed by atoms with van der Waals surface area (Å²) in [6, 6.07) is 4.43. The van der Waals surface area contributed by atoms with Crippen LogP contribution in [0, 0.1) is 0 Å². The quantitative estimate of drug-likeness (QED) is 0.758. The molecule has 0 aromatic heterocycles. The van der Waals surface area contributed by atoms with Gasteiger partial charge in [-0.3, -0.25) is 4.79 Å². The summed E-state index contributed by atoms with van der Waals surface area (Å²) in [6.45, 7) is -2.90. The van der Waals surface area contributed by atoms with E-state index < -0.39 is 6.61 Å². The minimum absolute atomic E-state index is 0.00502. The van der Waals surface area contributed by atoms with Crippen molar-refractivity contribution < 1.29 is 23.0 Å². The number of ketones is 1. The number of methoxy groups -OCH3 is 1. The first-order valence-electron chi connectivity index (χ1n) is 4.76. The minimum Gasteiger partial charge on any atom is -0.493 e. The monoisotopic (exact) mass is 308 g/mol. The number of halogens is 3. The molecule has 0 heterocycles. The van der Waals surface area contributed by atoms with E-state index in [4.69, 9.17) is 4.74 Å². The highest BCUT2D eigenvalue weighted by atomic mass is 79.9. The molecule has 1 aromatic rings. The van der Waals surface area contributed by atoms with Gasteiger partial charge < -0.3 is 9.47 Å². The third-order valence-electron chi connectivity index (χ3n) is 1.99. The molecule has 0 unspecified atom stereocenters. The zero-order chi connectivity index (χ0) is 12.8. The molecule has 0 saturated heterocycles. The fourth-order valence-electron chi connectivity index (χ4n) is 1.29. The van der Waals surface area contributed by atoms with E-state index in [9.17, 15) is 13.6 Å². The first-order valence-corrected chi connectivity index (χ1v) is 5.88. The molecule has 94 valence electrons. The van der Waals surface area contributed by atoms with Crippen LogP contribution in [0.5, 0.6) is 11.5 Å². The van der Waals surface area contributed by atoms with Gasteiger partial charge in [-0.2, -0.15) is 8.78 Å². The molecule has 1 aromatic carbocycles. The Kier molecular flexibility index (Phi) is 5.34. The van der Waals surface area contributed by atoms with Gasteiger partial charge in [0, 0.05) is 6.42 Å². The molecule has 0 saturated carbocycles. The van der Waals surface area contributed by atoms with Crippen LogP contribution in [-0.2, 0) is 11.2 Å². The molecule has 0 bridgehead atoms. The number of hydrogen-bond acceptors (Lipinski definition) is 3. The van der Waals surface area contributed by atoms with E-state index in [1.165, 1.54) is 19.2 Å². The topological polar surface area (TPSA) is 35.5 Å². The smallest absolute Gasteiger partial charge is 0.387 e. The average Bonchev–Trinajstić information content (AvgIpc) is 2.30. The Labute approximate surface area is 106 Å². The zero-order valence-electron chi connectivity index (χ0n) is 9.08. The molecule has 0 radical (unpaired) electrons. The molecule has 0 atom stereocenters. The first kappa shape index (κ1) is 13.9. The van der Waals surface area contributed by atoms with Crippen LogP contribution in [0.1, 0.15) is 5.56 Å². The largest absolute Gasteiger partial charge is 0.493 e. The van der Waals surface area contributed by atoms with Gasteiger partial charge in [-0.1, -0.05) is 22.0 Å². The highest BCUT2D eigenvalue weighted by Crippen LogP contribution is 2.29. The third kappa shape index (κ3) is 4.30. The fraction of sp³-hybridized carbons (Fsp3) is 0.364. The van der Waals surface area contributed by atoms with Crippen LogP contribution in [0.3, 0.4) is 0 Å². The fourth-order valence-corrected chi connectivity index (χ4v) is 1.49. The molecule has 0 amide bonds. The number of carbonyl (C=O) groups excluding carboxylic acids is 1. The predicted octanol–water partition coefficient (Wildman–Crippen LogP) is 2.80. The standard InChI is InChI=1S/C11H11BrF2O3/c1-16-10-5-7(4-8(15)6-12)2-3-9(10)17-11(13)14/h2-3,5,11H,4,6H2,1H3. The van der Waals surface area contributed by atoms with Crippen molar-refractivity contribution >= 4 is 21.7 Å². The molecule has 3 nitrogen and oxygen atoms in total. The summed E-state index contributed by atoms with van der Waals surface area (Å²) in [4.78, 5) is 11.2. The van der Waals surface area contributed by atoms with Crippen LogP contribution in [0.2, 0.25) is 0 Å². The number of Topliss-reactive ketones (excluding diaryl/α,β-unsaturated/α-hetero) is 1. The van der Waals surface area contributed by atoms with Crippen molar-refractivity contribution in [2.24, 2.45) is 0 Å². The van der Waals surface area contributed by atoms with Gasteiger partial charge in [0.1, 0.15) is 5.78 Å². The molecule has 1 rings (SSSR count). The molecule has 0 aliphatic heterocycles. The molecule has 0 aliphatic rings. The molecule has 0 N–H and O–H groups in total. The summed E-state index contributed by atoms with van der Waals surface area (Å²) in [5.41, 5.74) is 0.688. The maximum Gasteiger partial charge on any atom is 0.387 e. The third-order valence-corrected chi connectivity index (χ3v) is 2.62. The predicted molar refractivity (Wildman–Crippen MR) is 62.1 cm³/mol. The van der Waals surface area contributed by atoms with Crippen molar-refractivity contribution in [1.82, 2.24) is 0 Å². The lowest BCUT2D eigenvalue weighted by Gasteiger charge is -2.10. The molecule has 0 fully saturated rings. The van der Waals surface area contributed by atoms with Crippen molar-refractivity contribution in [2.75, 3.05) is 12.4 Å². The van der Waals surface area contributed by atoms with Gasteiger partial charge in [0.2, 0.25) is 0 Å². The van der Waals surface area contributed by atoms with Gasteiger partial charge in [-0.25, -0.2) is 0 Å². The Balaban J connectivity index is 2.88. The lowest BCUT2D eigenvalue weighted by Crippen LogP contribution is -2.06. The van der Waals surface area contributed by atoms with Crippen LogP contribution >= 0.6 is 15.9 Å². The van der Waals surface area contributed by atoms with E-state index in [-0.39, 0.29) is 29.0 Å². The van der Waals surface area contributed by atoms with Gasteiger partial charge in [0.25, 0.3) is 0 Å². The first-order chi connectivity index (χ1) is 8.06. The number of ether oxygens (including phenoxy) is 2. The number of rotatable bonds is 6.